The van der Waals surface area contributed by atoms with Crippen molar-refractivity contribution in [3.05, 3.63) is 0 Å². The van der Waals surface area contributed by atoms with Crippen molar-refractivity contribution in [1.29, 1.82) is 0 Å². The van der Waals surface area contributed by atoms with Gasteiger partial charge >= 0.3 is 0 Å². The van der Waals surface area contributed by atoms with Gasteiger partial charge < -0.3 is 15.5 Å². The molecule has 3 nitrogen and oxygen atoms in total. The van der Waals surface area contributed by atoms with Gasteiger partial charge in [0.25, 0.3) is 0 Å². The topological polar surface area (TPSA) is 52.5 Å². The number of rotatable bonds is 0. The zero-order valence-corrected chi connectivity index (χ0v) is 5.90. The van der Waals surface area contributed by atoms with Crippen LogP contribution in [0.2, 0.25) is 0 Å². The van der Waals surface area contributed by atoms with Gasteiger partial charge in [0.05, 0.1) is 12.2 Å². The second-order valence-electron chi connectivity index (χ2n) is 2.20. The van der Waals surface area contributed by atoms with Gasteiger partial charge in [-0.05, 0) is 0 Å². The first-order valence-electron chi connectivity index (χ1n) is 2.86. The third kappa shape index (κ3) is 3.01. The lowest BCUT2D eigenvalue weighted by atomic mass is 10.1. The minimum Gasteiger partial charge on any atom is -0.392 e. The maximum absolute atomic E-state index is 8.86. The number of nitrogens with one attached hydrogen (secondary N) is 1. The molecule has 0 aromatic heterocycles. The highest BCUT2D eigenvalue weighted by Gasteiger charge is 2.16. The van der Waals surface area contributed by atoms with Gasteiger partial charge in [0.15, 0.2) is 0 Å². The van der Waals surface area contributed by atoms with Gasteiger partial charge in [0.2, 0.25) is 0 Å². The molecule has 0 bridgehead atoms. The predicted molar refractivity (Wildman–Crippen MR) is 36.7 cm³/mol. The molecule has 0 aliphatic carbocycles. The van der Waals surface area contributed by atoms with Crippen LogP contribution in [0.15, 0.2) is 0 Å². The lowest BCUT2D eigenvalue weighted by Gasteiger charge is -2.22. The number of aliphatic hydroxyl groups excluding tert-OH is 2. The zero-order valence-electron chi connectivity index (χ0n) is 5.08. The molecular weight excluding hydrogens is 142 g/mol. The zero-order chi connectivity index (χ0) is 5.98. The van der Waals surface area contributed by atoms with Gasteiger partial charge in [-0.3, -0.25) is 0 Å². The van der Waals surface area contributed by atoms with Crippen molar-refractivity contribution in [3.63, 3.8) is 0 Å². The monoisotopic (exact) mass is 153 g/mol. The van der Waals surface area contributed by atoms with Crippen LogP contribution in [0.1, 0.15) is 6.42 Å². The van der Waals surface area contributed by atoms with Crippen molar-refractivity contribution < 1.29 is 10.2 Å². The van der Waals surface area contributed by atoms with E-state index in [-0.39, 0.29) is 24.6 Å². The lowest BCUT2D eigenvalue weighted by molar-refractivity contribution is 0.0529. The summed E-state index contributed by atoms with van der Waals surface area (Å²) in [4.78, 5) is 0. The number of hydrogen-bond acceptors (Lipinski definition) is 3. The van der Waals surface area contributed by atoms with E-state index in [1.807, 2.05) is 0 Å². The Hall–Kier alpha value is 0.170. The van der Waals surface area contributed by atoms with Crippen molar-refractivity contribution in [2.24, 2.45) is 0 Å². The van der Waals surface area contributed by atoms with Crippen LogP contribution >= 0.6 is 12.4 Å². The Morgan fingerprint density at radius 1 is 1.11 bits per heavy atom. The Kier molecular flexibility index (Phi) is 4.14. The summed E-state index contributed by atoms with van der Waals surface area (Å²) >= 11 is 0. The van der Waals surface area contributed by atoms with E-state index in [1.54, 1.807) is 0 Å². The van der Waals surface area contributed by atoms with E-state index < -0.39 is 0 Å². The second-order valence-corrected chi connectivity index (χ2v) is 2.20. The van der Waals surface area contributed by atoms with Crippen LogP contribution in [0.4, 0.5) is 0 Å². The highest BCUT2D eigenvalue weighted by atomic mass is 35.5. The molecule has 0 unspecified atom stereocenters. The minimum absolute atomic E-state index is 0. The fourth-order valence-electron chi connectivity index (χ4n) is 0.897. The molecule has 1 aliphatic rings. The Bertz CT molecular complexity index is 73.4. The van der Waals surface area contributed by atoms with Gasteiger partial charge in [-0.25, -0.2) is 0 Å². The van der Waals surface area contributed by atoms with Crippen molar-refractivity contribution in [2.75, 3.05) is 13.1 Å². The van der Waals surface area contributed by atoms with Crippen LogP contribution in [0.25, 0.3) is 0 Å². The average Bonchev–Trinajstić information content (AvgIpc) is 1.64. The molecule has 1 fully saturated rings. The number of halogens is 1. The maximum Gasteiger partial charge on any atom is 0.0689 e. The Balaban J connectivity index is 0.000000640. The fraction of sp³-hybridized carbons (Fsp3) is 1.00. The SMILES string of the molecule is Cl.O[C@@H]1CNC[C@H](O)C1. The molecule has 0 aromatic carbocycles. The molecule has 0 radical (unpaired) electrons. The minimum atomic E-state index is -0.348. The fourth-order valence-corrected chi connectivity index (χ4v) is 0.897. The molecular formula is C5H12ClNO2. The molecule has 0 aromatic rings. The smallest absolute Gasteiger partial charge is 0.0689 e. The molecule has 1 heterocycles. The Labute approximate surface area is 60.5 Å². The third-order valence-corrected chi connectivity index (χ3v) is 1.30. The van der Waals surface area contributed by atoms with Crippen LogP contribution in [-0.4, -0.2) is 35.5 Å². The molecule has 0 amide bonds. The first kappa shape index (κ1) is 9.17. The van der Waals surface area contributed by atoms with Crippen LogP contribution in [0.3, 0.4) is 0 Å². The van der Waals surface area contributed by atoms with E-state index in [2.05, 4.69) is 5.32 Å². The summed E-state index contributed by atoms with van der Waals surface area (Å²) in [6.07, 6.45) is -0.176. The predicted octanol–water partition coefficient (Wildman–Crippen LogP) is -0.877. The summed E-state index contributed by atoms with van der Waals surface area (Å²) in [5.41, 5.74) is 0. The highest BCUT2D eigenvalue weighted by Crippen LogP contribution is 2.00. The summed E-state index contributed by atoms with van der Waals surface area (Å²) in [7, 11) is 0. The summed E-state index contributed by atoms with van der Waals surface area (Å²) < 4.78 is 0. The second kappa shape index (κ2) is 4.06. The molecule has 9 heavy (non-hydrogen) atoms. The standard InChI is InChI=1S/C5H11NO2.ClH/c7-4-1-5(8)3-6-2-4;/h4-8H,1-3H2;1H/t4-,5+;. The van der Waals surface area contributed by atoms with E-state index in [0.29, 0.717) is 19.5 Å². The molecule has 56 valence electrons. The molecule has 2 atom stereocenters. The summed E-state index contributed by atoms with van der Waals surface area (Å²) in [5, 5.41) is 20.6. The van der Waals surface area contributed by atoms with E-state index in [4.69, 9.17) is 10.2 Å². The quantitative estimate of drug-likeness (QED) is 0.424. The summed E-state index contributed by atoms with van der Waals surface area (Å²) in [6.45, 7) is 1.24. The molecule has 0 saturated carbocycles. The van der Waals surface area contributed by atoms with Gasteiger partial charge in [0, 0.05) is 19.5 Å². The van der Waals surface area contributed by atoms with Crippen LogP contribution in [0, 0.1) is 0 Å². The Morgan fingerprint density at radius 2 is 1.56 bits per heavy atom. The van der Waals surface area contributed by atoms with Crippen molar-refractivity contribution in [3.8, 4) is 0 Å². The van der Waals surface area contributed by atoms with Crippen LogP contribution in [0.5, 0.6) is 0 Å². The molecule has 4 heteroatoms. The third-order valence-electron chi connectivity index (χ3n) is 1.30. The number of hydrogen-bond donors (Lipinski definition) is 3. The van der Waals surface area contributed by atoms with Gasteiger partial charge in [0.1, 0.15) is 0 Å². The first-order chi connectivity index (χ1) is 3.79. The van der Waals surface area contributed by atoms with E-state index in [9.17, 15) is 0 Å². The molecule has 1 saturated heterocycles. The number of piperidine rings is 1. The number of β-amino-alcohol motifs (C(OH)–C–C–N with tert-alkyl or cyclic N) is 2. The van der Waals surface area contributed by atoms with Crippen LogP contribution < -0.4 is 5.32 Å². The largest absolute Gasteiger partial charge is 0.392 e. The maximum atomic E-state index is 8.86. The normalized spacial score (nSPS) is 35.3. The van der Waals surface area contributed by atoms with Gasteiger partial charge in [-0.1, -0.05) is 0 Å². The molecule has 1 rings (SSSR count). The van der Waals surface area contributed by atoms with Crippen LogP contribution in [-0.2, 0) is 0 Å². The van der Waals surface area contributed by atoms with E-state index in [0.717, 1.165) is 0 Å². The summed E-state index contributed by atoms with van der Waals surface area (Å²) in [6, 6.07) is 0. The number of aliphatic hydroxyl groups is 2. The summed E-state index contributed by atoms with van der Waals surface area (Å²) in [5.74, 6) is 0. The van der Waals surface area contributed by atoms with Crippen molar-refractivity contribution in [1.82, 2.24) is 5.32 Å². The van der Waals surface area contributed by atoms with Crippen molar-refractivity contribution >= 4 is 12.4 Å². The van der Waals surface area contributed by atoms with E-state index >= 15 is 0 Å². The first-order valence-corrected chi connectivity index (χ1v) is 2.86. The molecule has 1 aliphatic heterocycles. The average molecular weight is 154 g/mol. The van der Waals surface area contributed by atoms with Gasteiger partial charge in [-0.15, -0.1) is 12.4 Å². The lowest BCUT2D eigenvalue weighted by Crippen LogP contribution is -2.42. The molecule has 0 spiro atoms. The van der Waals surface area contributed by atoms with Gasteiger partial charge in [-0.2, -0.15) is 0 Å². The Morgan fingerprint density at radius 3 is 1.78 bits per heavy atom. The molecule has 3 N–H and O–H groups in total. The van der Waals surface area contributed by atoms with Crippen molar-refractivity contribution in [2.45, 2.75) is 18.6 Å². The van der Waals surface area contributed by atoms with E-state index in [1.165, 1.54) is 0 Å². The highest BCUT2D eigenvalue weighted by molar-refractivity contribution is 5.85.